The Morgan fingerprint density at radius 2 is 2.14 bits per heavy atom. The second kappa shape index (κ2) is 5.84. The van der Waals surface area contributed by atoms with Gasteiger partial charge in [0.15, 0.2) is 0 Å². The van der Waals surface area contributed by atoms with Gasteiger partial charge >= 0.3 is 5.97 Å². The van der Waals surface area contributed by atoms with Crippen LogP contribution in [0.2, 0.25) is 0 Å². The highest BCUT2D eigenvalue weighted by Crippen LogP contribution is 2.47. The van der Waals surface area contributed by atoms with Crippen LogP contribution in [0.3, 0.4) is 0 Å². The molecule has 2 rings (SSSR count). The standard InChI is InChI=1S/C16H22N2O3/c1-16(2,3)13(15(20)21-4)18-14(19)12-8-11(12)10-6-5-7-17-9-10/h5-7,9,11-13H,8H2,1-4H3,(H,18,19)/t11-,12-,13-/m0/s1. The second-order valence-electron chi connectivity index (χ2n) is 6.57. The first kappa shape index (κ1) is 15.5. The topological polar surface area (TPSA) is 68.3 Å². The largest absolute Gasteiger partial charge is 0.467 e. The Bertz CT molecular complexity index is 522. The molecule has 1 amide bonds. The molecule has 1 N–H and O–H groups in total. The lowest BCUT2D eigenvalue weighted by molar-refractivity contribution is -0.148. The van der Waals surface area contributed by atoms with Crippen LogP contribution in [0.5, 0.6) is 0 Å². The number of aromatic nitrogens is 1. The highest BCUT2D eigenvalue weighted by atomic mass is 16.5. The van der Waals surface area contributed by atoms with Crippen molar-refractivity contribution in [1.29, 1.82) is 0 Å². The first-order valence-corrected chi connectivity index (χ1v) is 7.12. The number of esters is 1. The molecule has 0 aliphatic heterocycles. The summed E-state index contributed by atoms with van der Waals surface area (Å²) < 4.78 is 4.79. The molecule has 1 heterocycles. The Morgan fingerprint density at radius 3 is 2.67 bits per heavy atom. The fraction of sp³-hybridized carbons (Fsp3) is 0.562. The van der Waals surface area contributed by atoms with Gasteiger partial charge in [0.2, 0.25) is 5.91 Å². The summed E-state index contributed by atoms with van der Waals surface area (Å²) in [7, 11) is 1.34. The van der Waals surface area contributed by atoms with Gasteiger partial charge in [0, 0.05) is 18.3 Å². The molecule has 0 spiro atoms. The van der Waals surface area contributed by atoms with E-state index in [4.69, 9.17) is 4.74 Å². The van der Waals surface area contributed by atoms with Crippen LogP contribution in [0.4, 0.5) is 0 Å². The van der Waals surface area contributed by atoms with E-state index in [2.05, 4.69) is 10.3 Å². The van der Waals surface area contributed by atoms with Crippen LogP contribution in [-0.2, 0) is 14.3 Å². The molecule has 0 aromatic carbocycles. The van der Waals surface area contributed by atoms with Crippen molar-refractivity contribution in [2.45, 2.75) is 39.2 Å². The number of nitrogens with zero attached hydrogens (tertiary/aromatic N) is 1. The number of methoxy groups -OCH3 is 1. The van der Waals surface area contributed by atoms with Crippen molar-refractivity contribution in [3.8, 4) is 0 Å². The molecule has 1 aliphatic carbocycles. The van der Waals surface area contributed by atoms with Gasteiger partial charge in [-0.3, -0.25) is 9.78 Å². The smallest absolute Gasteiger partial charge is 0.328 e. The number of carbonyl (C=O) groups excluding carboxylic acids is 2. The maximum Gasteiger partial charge on any atom is 0.328 e. The lowest BCUT2D eigenvalue weighted by Gasteiger charge is -2.29. The fourth-order valence-corrected chi connectivity index (χ4v) is 2.44. The van der Waals surface area contributed by atoms with Crippen molar-refractivity contribution < 1.29 is 14.3 Å². The molecule has 1 aromatic heterocycles. The van der Waals surface area contributed by atoms with Gasteiger partial charge in [0.05, 0.1) is 7.11 Å². The summed E-state index contributed by atoms with van der Waals surface area (Å²) in [6, 6.07) is 3.21. The molecular weight excluding hydrogens is 268 g/mol. The predicted octanol–water partition coefficient (Wildman–Crippen LogP) is 1.89. The summed E-state index contributed by atoms with van der Waals surface area (Å²) in [5, 5.41) is 2.84. The number of ether oxygens (including phenoxy) is 1. The van der Waals surface area contributed by atoms with Crippen LogP contribution in [0.15, 0.2) is 24.5 Å². The number of hydrogen-bond acceptors (Lipinski definition) is 4. The number of hydrogen-bond donors (Lipinski definition) is 1. The Hall–Kier alpha value is -1.91. The molecule has 5 heteroatoms. The molecule has 5 nitrogen and oxygen atoms in total. The zero-order valence-electron chi connectivity index (χ0n) is 12.9. The lowest BCUT2D eigenvalue weighted by atomic mass is 9.86. The molecule has 1 aromatic rings. The average molecular weight is 290 g/mol. The van der Waals surface area contributed by atoms with Crippen LogP contribution < -0.4 is 5.32 Å². The van der Waals surface area contributed by atoms with Crippen LogP contribution in [0.1, 0.15) is 38.7 Å². The van der Waals surface area contributed by atoms with Crippen molar-refractivity contribution in [2.75, 3.05) is 7.11 Å². The maximum atomic E-state index is 12.3. The molecule has 21 heavy (non-hydrogen) atoms. The number of rotatable bonds is 4. The second-order valence-corrected chi connectivity index (χ2v) is 6.57. The van der Waals surface area contributed by atoms with E-state index < -0.39 is 12.0 Å². The van der Waals surface area contributed by atoms with Gasteiger partial charge in [-0.25, -0.2) is 4.79 Å². The zero-order valence-corrected chi connectivity index (χ0v) is 12.9. The molecule has 0 unspecified atom stereocenters. The van der Waals surface area contributed by atoms with Crippen molar-refractivity contribution in [2.24, 2.45) is 11.3 Å². The lowest BCUT2D eigenvalue weighted by Crippen LogP contribution is -2.50. The molecule has 114 valence electrons. The Labute approximate surface area is 125 Å². The van der Waals surface area contributed by atoms with E-state index in [1.807, 2.05) is 32.9 Å². The SMILES string of the molecule is COC(=O)[C@H](NC(=O)[C@H]1C[C@H]1c1cccnc1)C(C)(C)C. The van der Waals surface area contributed by atoms with Crippen molar-refractivity contribution in [1.82, 2.24) is 10.3 Å². The maximum absolute atomic E-state index is 12.3. The van der Waals surface area contributed by atoms with Gasteiger partial charge in [-0.1, -0.05) is 26.8 Å². The Balaban J connectivity index is 2.00. The number of pyridine rings is 1. The summed E-state index contributed by atoms with van der Waals surface area (Å²) in [4.78, 5) is 28.2. The van der Waals surface area contributed by atoms with Gasteiger partial charge in [-0.15, -0.1) is 0 Å². The summed E-state index contributed by atoms with van der Waals surface area (Å²) in [6.07, 6.45) is 4.31. The van der Waals surface area contributed by atoms with Crippen LogP contribution in [0.25, 0.3) is 0 Å². The van der Waals surface area contributed by atoms with Crippen LogP contribution in [0, 0.1) is 11.3 Å². The van der Waals surface area contributed by atoms with Crippen molar-refractivity contribution in [3.05, 3.63) is 30.1 Å². The van der Waals surface area contributed by atoms with E-state index in [0.717, 1.165) is 12.0 Å². The first-order chi connectivity index (χ1) is 9.84. The highest BCUT2D eigenvalue weighted by Gasteiger charge is 2.46. The van der Waals surface area contributed by atoms with E-state index in [9.17, 15) is 9.59 Å². The average Bonchev–Trinajstić information content (AvgIpc) is 3.24. The minimum atomic E-state index is -0.634. The summed E-state index contributed by atoms with van der Waals surface area (Å²) in [5.41, 5.74) is 0.685. The van der Waals surface area contributed by atoms with Gasteiger partial charge in [-0.05, 0) is 29.4 Å². The highest BCUT2D eigenvalue weighted by molar-refractivity contribution is 5.88. The number of carbonyl (C=O) groups is 2. The minimum Gasteiger partial charge on any atom is -0.467 e. The number of nitrogens with one attached hydrogen (secondary N) is 1. The summed E-state index contributed by atoms with van der Waals surface area (Å²) >= 11 is 0. The third-order valence-corrected chi connectivity index (χ3v) is 3.83. The van der Waals surface area contributed by atoms with Crippen LogP contribution in [-0.4, -0.2) is 30.0 Å². The zero-order chi connectivity index (χ0) is 15.6. The predicted molar refractivity (Wildman–Crippen MR) is 78.5 cm³/mol. The summed E-state index contributed by atoms with van der Waals surface area (Å²) in [5.74, 6) is -0.371. The molecule has 0 saturated heterocycles. The quantitative estimate of drug-likeness (QED) is 0.860. The van der Waals surface area contributed by atoms with Crippen LogP contribution >= 0.6 is 0 Å². The van der Waals surface area contributed by atoms with Gasteiger partial charge < -0.3 is 10.1 Å². The normalized spacial score (nSPS) is 22.3. The molecule has 1 saturated carbocycles. The minimum absolute atomic E-state index is 0.0799. The summed E-state index contributed by atoms with van der Waals surface area (Å²) in [6.45, 7) is 5.71. The van der Waals surface area contributed by atoms with E-state index in [-0.39, 0.29) is 23.2 Å². The molecular formula is C16H22N2O3. The monoisotopic (exact) mass is 290 g/mol. The molecule has 1 fully saturated rings. The molecule has 3 atom stereocenters. The third-order valence-electron chi connectivity index (χ3n) is 3.83. The van der Waals surface area contributed by atoms with Crippen molar-refractivity contribution >= 4 is 11.9 Å². The van der Waals surface area contributed by atoms with Gasteiger partial charge in [-0.2, -0.15) is 0 Å². The Morgan fingerprint density at radius 1 is 1.43 bits per heavy atom. The van der Waals surface area contributed by atoms with Crippen molar-refractivity contribution in [3.63, 3.8) is 0 Å². The number of amides is 1. The van der Waals surface area contributed by atoms with E-state index >= 15 is 0 Å². The fourth-order valence-electron chi connectivity index (χ4n) is 2.44. The van der Waals surface area contributed by atoms with E-state index in [0.29, 0.717) is 0 Å². The molecule has 0 radical (unpaired) electrons. The van der Waals surface area contributed by atoms with Gasteiger partial charge in [0.25, 0.3) is 0 Å². The molecule has 1 aliphatic rings. The van der Waals surface area contributed by atoms with E-state index in [1.54, 1.807) is 12.4 Å². The van der Waals surface area contributed by atoms with E-state index in [1.165, 1.54) is 7.11 Å². The van der Waals surface area contributed by atoms with Gasteiger partial charge in [0.1, 0.15) is 6.04 Å². The first-order valence-electron chi connectivity index (χ1n) is 7.12. The third kappa shape index (κ3) is 3.60. The molecule has 0 bridgehead atoms. The Kier molecular flexibility index (Phi) is 4.30.